The SMILES string of the molecule is O=[N+]([O-])c1cc(S(=O)(=O)Nc2cccnc2)sc1Cl. The van der Waals surface area contributed by atoms with E-state index < -0.39 is 20.6 Å². The van der Waals surface area contributed by atoms with Gasteiger partial charge in [-0.2, -0.15) is 0 Å². The molecule has 7 nitrogen and oxygen atoms in total. The Balaban J connectivity index is 2.35. The van der Waals surface area contributed by atoms with Crippen molar-refractivity contribution in [3.8, 4) is 0 Å². The Labute approximate surface area is 117 Å². The van der Waals surface area contributed by atoms with Crippen molar-refractivity contribution in [1.29, 1.82) is 0 Å². The number of halogens is 1. The summed E-state index contributed by atoms with van der Waals surface area (Å²) >= 11 is 6.24. The molecule has 0 saturated carbocycles. The fourth-order valence-electron chi connectivity index (χ4n) is 1.22. The van der Waals surface area contributed by atoms with Crippen LogP contribution in [-0.4, -0.2) is 18.3 Å². The predicted octanol–water partition coefficient (Wildman–Crippen LogP) is 2.51. The summed E-state index contributed by atoms with van der Waals surface area (Å²) in [5.74, 6) is 0. The van der Waals surface area contributed by atoms with E-state index in [2.05, 4.69) is 9.71 Å². The first-order chi connectivity index (χ1) is 8.90. The Morgan fingerprint density at radius 3 is 2.74 bits per heavy atom. The van der Waals surface area contributed by atoms with Gasteiger partial charge in [0, 0.05) is 12.3 Å². The second-order valence-electron chi connectivity index (χ2n) is 3.33. The molecular weight excluding hydrogens is 314 g/mol. The van der Waals surface area contributed by atoms with Crippen LogP contribution < -0.4 is 4.72 Å². The van der Waals surface area contributed by atoms with Gasteiger partial charge in [0.2, 0.25) is 0 Å². The minimum absolute atomic E-state index is 0.184. The van der Waals surface area contributed by atoms with Gasteiger partial charge in [-0.1, -0.05) is 11.6 Å². The zero-order valence-electron chi connectivity index (χ0n) is 9.11. The van der Waals surface area contributed by atoms with Crippen LogP contribution in [0.15, 0.2) is 34.8 Å². The molecule has 2 heterocycles. The molecule has 0 radical (unpaired) electrons. The summed E-state index contributed by atoms with van der Waals surface area (Å²) < 4.78 is 25.8. The van der Waals surface area contributed by atoms with Crippen molar-refractivity contribution in [3.05, 3.63) is 45.0 Å². The molecule has 0 spiro atoms. The number of hydrogen-bond donors (Lipinski definition) is 1. The predicted molar refractivity (Wildman–Crippen MR) is 71.0 cm³/mol. The number of thiophene rings is 1. The molecule has 100 valence electrons. The van der Waals surface area contributed by atoms with Gasteiger partial charge < -0.3 is 0 Å². The van der Waals surface area contributed by atoms with Crippen LogP contribution in [0.25, 0.3) is 0 Å². The van der Waals surface area contributed by atoms with Crippen LogP contribution in [0.3, 0.4) is 0 Å². The van der Waals surface area contributed by atoms with Gasteiger partial charge >= 0.3 is 0 Å². The van der Waals surface area contributed by atoms with E-state index in [1.165, 1.54) is 18.5 Å². The van der Waals surface area contributed by atoms with Crippen molar-refractivity contribution in [1.82, 2.24) is 4.98 Å². The smallest absolute Gasteiger partial charge is 0.277 e. The zero-order valence-corrected chi connectivity index (χ0v) is 11.5. The van der Waals surface area contributed by atoms with Crippen LogP contribution in [0.2, 0.25) is 4.34 Å². The van der Waals surface area contributed by atoms with E-state index in [1.807, 2.05) is 0 Å². The van der Waals surface area contributed by atoms with E-state index in [-0.39, 0.29) is 14.2 Å². The number of aromatic nitrogens is 1. The summed E-state index contributed by atoms with van der Waals surface area (Å²) in [5, 5.41) is 10.6. The van der Waals surface area contributed by atoms with Gasteiger partial charge in [0.05, 0.1) is 16.8 Å². The lowest BCUT2D eigenvalue weighted by molar-refractivity contribution is -0.384. The molecule has 0 aliphatic heterocycles. The highest BCUT2D eigenvalue weighted by Crippen LogP contribution is 2.36. The van der Waals surface area contributed by atoms with Gasteiger partial charge in [-0.3, -0.25) is 19.8 Å². The average molecular weight is 320 g/mol. The van der Waals surface area contributed by atoms with Crippen LogP contribution in [0.5, 0.6) is 0 Å². The second kappa shape index (κ2) is 5.11. The van der Waals surface area contributed by atoms with E-state index in [0.717, 1.165) is 6.07 Å². The van der Waals surface area contributed by atoms with E-state index >= 15 is 0 Å². The van der Waals surface area contributed by atoms with Crippen LogP contribution in [0.1, 0.15) is 0 Å². The molecule has 1 N–H and O–H groups in total. The molecule has 19 heavy (non-hydrogen) atoms. The van der Waals surface area contributed by atoms with Crippen LogP contribution in [0.4, 0.5) is 11.4 Å². The van der Waals surface area contributed by atoms with E-state index in [4.69, 9.17) is 11.6 Å². The highest BCUT2D eigenvalue weighted by atomic mass is 35.5. The summed E-state index contributed by atoms with van der Waals surface area (Å²) in [4.78, 5) is 13.6. The zero-order chi connectivity index (χ0) is 14.0. The first-order valence-corrected chi connectivity index (χ1v) is 7.44. The molecule has 10 heteroatoms. The highest BCUT2D eigenvalue weighted by Gasteiger charge is 2.25. The minimum atomic E-state index is -3.91. The fourth-order valence-corrected chi connectivity index (χ4v) is 3.93. The van der Waals surface area contributed by atoms with Crippen molar-refractivity contribution in [3.63, 3.8) is 0 Å². The van der Waals surface area contributed by atoms with Crippen molar-refractivity contribution in [2.45, 2.75) is 4.21 Å². The van der Waals surface area contributed by atoms with Crippen LogP contribution in [0, 0.1) is 10.1 Å². The van der Waals surface area contributed by atoms with E-state index in [9.17, 15) is 18.5 Å². The largest absolute Gasteiger partial charge is 0.300 e. The molecule has 0 saturated heterocycles. The molecule has 0 aromatic carbocycles. The molecule has 2 aromatic heterocycles. The Hall–Kier alpha value is -1.71. The Bertz CT molecular complexity index is 714. The monoisotopic (exact) mass is 319 g/mol. The molecular formula is C9H6ClN3O4S2. The number of pyridine rings is 1. The number of nitrogens with zero attached hydrogens (tertiary/aromatic N) is 2. The van der Waals surface area contributed by atoms with Gasteiger partial charge in [0.25, 0.3) is 15.7 Å². The van der Waals surface area contributed by atoms with Gasteiger partial charge in [-0.05, 0) is 12.1 Å². The lowest BCUT2D eigenvalue weighted by Gasteiger charge is -2.04. The summed E-state index contributed by atoms with van der Waals surface area (Å²) in [5.41, 5.74) is -0.173. The maximum absolute atomic E-state index is 12.0. The summed E-state index contributed by atoms with van der Waals surface area (Å²) in [6, 6.07) is 3.99. The van der Waals surface area contributed by atoms with Gasteiger partial charge in [0.15, 0.2) is 4.34 Å². The first kappa shape index (κ1) is 13.7. The third-order valence-corrected chi connectivity index (χ3v) is 5.21. The number of nitrogens with one attached hydrogen (secondary N) is 1. The Morgan fingerprint density at radius 2 is 2.21 bits per heavy atom. The summed E-state index contributed by atoms with van der Waals surface area (Å²) in [6.07, 6.45) is 2.81. The van der Waals surface area contributed by atoms with Crippen LogP contribution >= 0.6 is 22.9 Å². The first-order valence-electron chi connectivity index (χ1n) is 4.77. The van der Waals surface area contributed by atoms with Gasteiger partial charge in [-0.15, -0.1) is 11.3 Å². The molecule has 0 unspecified atom stereocenters. The number of anilines is 1. The quantitative estimate of drug-likeness (QED) is 0.689. The Kier molecular flexibility index (Phi) is 3.69. The molecule has 0 fully saturated rings. The average Bonchev–Trinajstić information content (AvgIpc) is 2.73. The fraction of sp³-hybridized carbons (Fsp3) is 0. The maximum atomic E-state index is 12.0. The van der Waals surface area contributed by atoms with E-state index in [1.54, 1.807) is 6.07 Å². The molecule has 0 aliphatic rings. The number of rotatable bonds is 4. The van der Waals surface area contributed by atoms with Gasteiger partial charge in [0.1, 0.15) is 4.21 Å². The highest BCUT2D eigenvalue weighted by molar-refractivity contribution is 7.94. The Morgan fingerprint density at radius 1 is 1.47 bits per heavy atom. The summed E-state index contributed by atoms with van der Waals surface area (Å²) in [6.45, 7) is 0. The third-order valence-electron chi connectivity index (χ3n) is 2.02. The molecule has 0 aliphatic carbocycles. The van der Waals surface area contributed by atoms with Crippen molar-refractivity contribution in [2.24, 2.45) is 0 Å². The molecule has 0 atom stereocenters. The standard InChI is InChI=1S/C9H6ClN3O4S2/c10-9-7(13(14)15)4-8(18-9)19(16,17)12-6-2-1-3-11-5-6/h1-5,12H. The van der Waals surface area contributed by atoms with Crippen LogP contribution in [-0.2, 0) is 10.0 Å². The number of nitro groups is 1. The maximum Gasteiger partial charge on any atom is 0.300 e. The summed E-state index contributed by atoms with van der Waals surface area (Å²) in [7, 11) is -3.91. The number of sulfonamides is 1. The van der Waals surface area contributed by atoms with Crippen molar-refractivity contribution in [2.75, 3.05) is 4.72 Å². The topological polar surface area (TPSA) is 102 Å². The molecule has 2 aromatic rings. The normalized spacial score (nSPS) is 11.2. The van der Waals surface area contributed by atoms with Crippen molar-refractivity contribution >= 4 is 44.3 Å². The molecule has 2 rings (SSSR count). The molecule has 0 bridgehead atoms. The lowest BCUT2D eigenvalue weighted by Crippen LogP contribution is -2.11. The molecule has 0 amide bonds. The number of hydrogen-bond acceptors (Lipinski definition) is 6. The lowest BCUT2D eigenvalue weighted by atomic mass is 10.4. The second-order valence-corrected chi connectivity index (χ2v) is 6.89. The van der Waals surface area contributed by atoms with Crippen molar-refractivity contribution < 1.29 is 13.3 Å². The van der Waals surface area contributed by atoms with Gasteiger partial charge in [-0.25, -0.2) is 8.42 Å². The van der Waals surface area contributed by atoms with E-state index in [0.29, 0.717) is 11.3 Å². The third kappa shape index (κ3) is 3.00. The minimum Gasteiger partial charge on any atom is -0.277 e.